The molecule has 1 heterocycles. The molecule has 0 saturated heterocycles. The number of rotatable bonds is 4. The molecule has 3 aromatic rings. The maximum Gasteiger partial charge on any atom is 0.257 e. The van der Waals surface area contributed by atoms with Gasteiger partial charge in [0.15, 0.2) is 0 Å². The van der Waals surface area contributed by atoms with Crippen LogP contribution in [0.15, 0.2) is 72.8 Å². The van der Waals surface area contributed by atoms with Crippen LogP contribution in [-0.2, 0) is 16.6 Å². The van der Waals surface area contributed by atoms with Gasteiger partial charge < -0.3 is 14.5 Å². The maximum atomic E-state index is 14.7. The Morgan fingerprint density at radius 2 is 1.73 bits per heavy atom. The Balaban J connectivity index is 1.55. The molecule has 1 atom stereocenters. The van der Waals surface area contributed by atoms with Gasteiger partial charge in [-0.1, -0.05) is 66.9 Å². The van der Waals surface area contributed by atoms with Crippen molar-refractivity contribution in [3.8, 4) is 5.75 Å². The van der Waals surface area contributed by atoms with Crippen molar-refractivity contribution in [2.75, 3.05) is 26.7 Å². The van der Waals surface area contributed by atoms with E-state index in [4.69, 9.17) is 16.3 Å². The van der Waals surface area contributed by atoms with Gasteiger partial charge in [0.1, 0.15) is 18.2 Å². The molecule has 2 amide bonds. The van der Waals surface area contributed by atoms with E-state index >= 15 is 0 Å². The number of amides is 2. The summed E-state index contributed by atoms with van der Waals surface area (Å²) in [4.78, 5) is 31.6. The van der Waals surface area contributed by atoms with Gasteiger partial charge in [0.25, 0.3) is 5.91 Å². The van der Waals surface area contributed by atoms with Crippen LogP contribution in [0.25, 0.3) is 0 Å². The second-order valence-electron chi connectivity index (χ2n) is 11.0. The molecule has 5 nitrogen and oxygen atoms in total. The zero-order valence-electron chi connectivity index (χ0n) is 23.0. The van der Waals surface area contributed by atoms with Gasteiger partial charge in [-0.3, -0.25) is 9.59 Å². The summed E-state index contributed by atoms with van der Waals surface area (Å²) in [6, 6.07) is 21.4. The summed E-state index contributed by atoms with van der Waals surface area (Å²) in [5, 5.41) is 0.465. The summed E-state index contributed by atoms with van der Waals surface area (Å²) < 4.78 is 20.8. The van der Waals surface area contributed by atoms with Crippen molar-refractivity contribution in [3.05, 3.63) is 100 Å². The lowest BCUT2D eigenvalue weighted by molar-refractivity contribution is -0.140. The minimum atomic E-state index is -0.758. The van der Waals surface area contributed by atoms with Crippen LogP contribution in [0.2, 0.25) is 5.02 Å². The summed E-state index contributed by atoms with van der Waals surface area (Å²) in [5.74, 6) is 0.0324. The fourth-order valence-corrected chi connectivity index (χ4v) is 6.35. The molecule has 0 spiro atoms. The van der Waals surface area contributed by atoms with Crippen LogP contribution >= 0.6 is 11.6 Å². The van der Waals surface area contributed by atoms with Crippen LogP contribution in [0.4, 0.5) is 4.39 Å². The fourth-order valence-electron chi connectivity index (χ4n) is 6.18. The molecule has 40 heavy (non-hydrogen) atoms. The highest BCUT2D eigenvalue weighted by Crippen LogP contribution is 2.43. The zero-order chi connectivity index (χ0) is 28.1. The molecular formula is C33H36ClFN2O3. The minimum Gasteiger partial charge on any atom is -0.491 e. The molecule has 5 rings (SSSR count). The first-order valence-corrected chi connectivity index (χ1v) is 14.5. The third-order valence-corrected chi connectivity index (χ3v) is 8.59. The lowest BCUT2D eigenvalue weighted by Crippen LogP contribution is -2.53. The lowest BCUT2D eigenvalue weighted by Gasteiger charge is -2.40. The van der Waals surface area contributed by atoms with Crippen LogP contribution in [-0.4, -0.2) is 54.4 Å². The molecule has 1 aliphatic carbocycles. The second-order valence-corrected chi connectivity index (χ2v) is 11.5. The first kappa shape index (κ1) is 28.2. The van der Waals surface area contributed by atoms with Crippen LogP contribution in [0.1, 0.15) is 60.0 Å². The van der Waals surface area contributed by atoms with Gasteiger partial charge in [-0.05, 0) is 73.6 Å². The van der Waals surface area contributed by atoms with Crippen LogP contribution in [0.5, 0.6) is 5.75 Å². The highest BCUT2D eigenvalue weighted by Gasteiger charge is 2.46. The quantitative estimate of drug-likeness (QED) is 0.356. The Hall–Kier alpha value is -3.38. The normalized spacial score (nSPS) is 19.8. The zero-order valence-corrected chi connectivity index (χ0v) is 23.7. The topological polar surface area (TPSA) is 49.9 Å². The van der Waals surface area contributed by atoms with E-state index in [2.05, 4.69) is 12.1 Å². The molecular weight excluding hydrogens is 527 g/mol. The van der Waals surface area contributed by atoms with E-state index in [1.54, 1.807) is 36.2 Å². The van der Waals surface area contributed by atoms with Crippen molar-refractivity contribution in [2.24, 2.45) is 0 Å². The van der Waals surface area contributed by atoms with Gasteiger partial charge in [-0.2, -0.15) is 0 Å². The number of benzene rings is 3. The molecule has 0 N–H and O–H groups in total. The molecule has 3 aromatic carbocycles. The Morgan fingerprint density at radius 1 is 0.975 bits per heavy atom. The highest BCUT2D eigenvalue weighted by molar-refractivity contribution is 6.31. The van der Waals surface area contributed by atoms with Crippen LogP contribution < -0.4 is 4.74 Å². The maximum absolute atomic E-state index is 14.7. The standard InChI is InChI=1S/C33H36ClFN2O3/c1-36-18-7-8-19-37(32(39)33(16-5-6-17-33)25-12-9-13-27(35)21-25)28(20-24-10-3-2-4-11-24)23-40-30-15-14-26(34)22-29(30)31(36)38/h2-4,9-15,21-22,28H,5-8,16-20,23H2,1H3/t28-/m0/s1. The number of halogens is 2. The molecule has 0 bridgehead atoms. The third kappa shape index (κ3) is 6.02. The number of carbonyl (C=O) groups is 2. The number of nitrogens with zero attached hydrogens (tertiary/aromatic N) is 2. The average molecular weight is 563 g/mol. The number of hydrogen-bond donors (Lipinski definition) is 0. The SMILES string of the molecule is CN1CCCCN(C(=O)C2(c3cccc(F)c3)CCCC2)[C@@H](Cc2ccccc2)COc2ccc(Cl)cc2C1=O. The van der Waals surface area contributed by atoms with E-state index in [1.807, 2.05) is 29.2 Å². The van der Waals surface area contributed by atoms with Crippen molar-refractivity contribution in [1.82, 2.24) is 9.80 Å². The minimum absolute atomic E-state index is 0.0398. The van der Waals surface area contributed by atoms with Gasteiger partial charge in [0.2, 0.25) is 5.91 Å². The molecule has 1 fully saturated rings. The fraction of sp³-hybridized carbons (Fsp3) is 0.394. The van der Waals surface area contributed by atoms with Crippen LogP contribution in [0.3, 0.4) is 0 Å². The van der Waals surface area contributed by atoms with Crippen molar-refractivity contribution < 1.29 is 18.7 Å². The van der Waals surface area contributed by atoms with Gasteiger partial charge >= 0.3 is 0 Å². The van der Waals surface area contributed by atoms with E-state index < -0.39 is 5.41 Å². The van der Waals surface area contributed by atoms with Crippen molar-refractivity contribution in [2.45, 2.75) is 56.4 Å². The largest absolute Gasteiger partial charge is 0.491 e. The predicted molar refractivity (Wildman–Crippen MR) is 155 cm³/mol. The van der Waals surface area contributed by atoms with E-state index in [-0.39, 0.29) is 30.3 Å². The van der Waals surface area contributed by atoms with Crippen molar-refractivity contribution in [3.63, 3.8) is 0 Å². The summed E-state index contributed by atoms with van der Waals surface area (Å²) in [7, 11) is 1.78. The number of carbonyl (C=O) groups excluding carboxylic acids is 2. The molecule has 7 heteroatoms. The van der Waals surface area contributed by atoms with E-state index in [1.165, 1.54) is 12.1 Å². The molecule has 0 aromatic heterocycles. The third-order valence-electron chi connectivity index (χ3n) is 8.35. The smallest absolute Gasteiger partial charge is 0.257 e. The van der Waals surface area contributed by atoms with E-state index in [0.717, 1.165) is 36.8 Å². The van der Waals surface area contributed by atoms with Gasteiger partial charge in [-0.15, -0.1) is 0 Å². The molecule has 0 unspecified atom stereocenters. The first-order valence-electron chi connectivity index (χ1n) is 14.2. The Labute approximate surface area is 240 Å². The van der Waals surface area contributed by atoms with E-state index in [9.17, 15) is 14.0 Å². The average Bonchev–Trinajstić information content (AvgIpc) is 3.47. The van der Waals surface area contributed by atoms with Crippen molar-refractivity contribution in [1.29, 1.82) is 0 Å². The summed E-state index contributed by atoms with van der Waals surface area (Å²) >= 11 is 6.27. The van der Waals surface area contributed by atoms with Gasteiger partial charge in [-0.25, -0.2) is 4.39 Å². The number of hydrogen-bond acceptors (Lipinski definition) is 3. The summed E-state index contributed by atoms with van der Waals surface area (Å²) in [5.41, 5.74) is 1.51. The van der Waals surface area contributed by atoms with Gasteiger partial charge in [0.05, 0.1) is 17.0 Å². The van der Waals surface area contributed by atoms with Gasteiger partial charge in [0, 0.05) is 25.2 Å². The Kier molecular flexibility index (Phi) is 8.75. The molecule has 210 valence electrons. The summed E-state index contributed by atoms with van der Waals surface area (Å²) in [6.07, 6.45) is 5.33. The van der Waals surface area contributed by atoms with Crippen LogP contribution in [0, 0.1) is 5.82 Å². The van der Waals surface area contributed by atoms with E-state index in [0.29, 0.717) is 48.7 Å². The molecule has 1 saturated carbocycles. The number of ether oxygens (including phenoxy) is 1. The highest BCUT2D eigenvalue weighted by atomic mass is 35.5. The molecule has 2 aliphatic rings. The van der Waals surface area contributed by atoms with Crippen molar-refractivity contribution >= 4 is 23.4 Å². The number of fused-ring (bicyclic) bond motifs is 1. The Morgan fingerprint density at radius 3 is 2.48 bits per heavy atom. The molecule has 0 radical (unpaired) electrons. The second kappa shape index (κ2) is 12.4. The Bertz CT molecular complexity index is 1340. The monoisotopic (exact) mass is 562 g/mol. The predicted octanol–water partition coefficient (Wildman–Crippen LogP) is 6.68. The summed E-state index contributed by atoms with van der Waals surface area (Å²) in [6.45, 7) is 1.29. The first-order chi connectivity index (χ1) is 19.4. The lowest BCUT2D eigenvalue weighted by atomic mass is 9.77. The molecule has 1 aliphatic heterocycles.